The molecule has 0 radical (unpaired) electrons. The molecule has 0 saturated carbocycles. The second-order valence-electron chi connectivity index (χ2n) is 5.08. The standard InChI is InChI=1S/C19H23NO2/c1-2-22-15-9-14-20-18(16-10-5-3-6-11-16)19(21)17-12-7-4-8-13-17/h3-8,10-13,18,20H,2,9,14-15H2,1H3. The number of carbonyl (C=O) groups excluding carboxylic acids is 1. The van der Waals surface area contributed by atoms with Crippen LogP contribution in [0.3, 0.4) is 0 Å². The van der Waals surface area contributed by atoms with Crippen LogP contribution in [-0.4, -0.2) is 25.5 Å². The van der Waals surface area contributed by atoms with Crippen LogP contribution in [0, 0.1) is 0 Å². The lowest BCUT2D eigenvalue weighted by molar-refractivity contribution is 0.0938. The lowest BCUT2D eigenvalue weighted by Gasteiger charge is -2.18. The highest BCUT2D eigenvalue weighted by Gasteiger charge is 2.20. The van der Waals surface area contributed by atoms with Crippen LogP contribution in [0.1, 0.15) is 35.3 Å². The average Bonchev–Trinajstić information content (AvgIpc) is 2.59. The Morgan fingerprint density at radius 3 is 2.32 bits per heavy atom. The van der Waals surface area contributed by atoms with Crippen LogP contribution in [0.25, 0.3) is 0 Å². The van der Waals surface area contributed by atoms with Gasteiger partial charge in [0.1, 0.15) is 0 Å². The molecule has 0 fully saturated rings. The first-order chi connectivity index (χ1) is 10.8. The van der Waals surface area contributed by atoms with E-state index in [-0.39, 0.29) is 11.8 Å². The second-order valence-corrected chi connectivity index (χ2v) is 5.08. The first-order valence-electron chi connectivity index (χ1n) is 7.78. The zero-order chi connectivity index (χ0) is 15.6. The Kier molecular flexibility index (Phi) is 6.81. The zero-order valence-electron chi connectivity index (χ0n) is 13.0. The predicted octanol–water partition coefficient (Wildman–Crippen LogP) is 3.63. The Bertz CT molecular complexity index is 554. The molecule has 2 rings (SSSR count). The molecule has 22 heavy (non-hydrogen) atoms. The van der Waals surface area contributed by atoms with E-state index in [2.05, 4.69) is 5.32 Å². The van der Waals surface area contributed by atoms with Crippen LogP contribution in [0.5, 0.6) is 0 Å². The molecule has 0 amide bonds. The maximum absolute atomic E-state index is 12.8. The summed E-state index contributed by atoms with van der Waals surface area (Å²) in [5.41, 5.74) is 1.72. The minimum Gasteiger partial charge on any atom is -0.382 e. The monoisotopic (exact) mass is 297 g/mol. The Balaban J connectivity index is 2.07. The van der Waals surface area contributed by atoms with Gasteiger partial charge < -0.3 is 10.1 Å². The normalized spacial score (nSPS) is 12.0. The van der Waals surface area contributed by atoms with Crippen LogP contribution in [-0.2, 0) is 4.74 Å². The van der Waals surface area contributed by atoms with Crippen molar-refractivity contribution >= 4 is 5.78 Å². The summed E-state index contributed by atoms with van der Waals surface area (Å²) in [5.74, 6) is 0.100. The number of Topliss-reactive ketones (excluding diaryl/α,β-unsaturated/α-hetero) is 1. The number of hydrogen-bond acceptors (Lipinski definition) is 3. The van der Waals surface area contributed by atoms with Gasteiger partial charge in [0, 0.05) is 18.8 Å². The van der Waals surface area contributed by atoms with Gasteiger partial charge in [-0.05, 0) is 25.5 Å². The van der Waals surface area contributed by atoms with E-state index in [0.29, 0.717) is 6.61 Å². The van der Waals surface area contributed by atoms with Crippen molar-refractivity contribution in [3.8, 4) is 0 Å². The number of ether oxygens (including phenoxy) is 1. The second kappa shape index (κ2) is 9.13. The summed E-state index contributed by atoms with van der Waals surface area (Å²) in [6.45, 7) is 4.17. The Hall–Kier alpha value is -1.97. The molecule has 1 atom stereocenters. The number of rotatable bonds is 9. The molecular weight excluding hydrogens is 274 g/mol. The maximum atomic E-state index is 12.8. The van der Waals surface area contributed by atoms with Crippen LogP contribution in [0.2, 0.25) is 0 Å². The van der Waals surface area contributed by atoms with Gasteiger partial charge in [0.2, 0.25) is 0 Å². The van der Waals surface area contributed by atoms with Crippen molar-refractivity contribution in [2.75, 3.05) is 19.8 Å². The summed E-state index contributed by atoms with van der Waals surface area (Å²) < 4.78 is 5.34. The van der Waals surface area contributed by atoms with E-state index < -0.39 is 0 Å². The molecule has 1 N–H and O–H groups in total. The van der Waals surface area contributed by atoms with Gasteiger partial charge in [0.25, 0.3) is 0 Å². The van der Waals surface area contributed by atoms with Crippen LogP contribution >= 0.6 is 0 Å². The van der Waals surface area contributed by atoms with E-state index in [4.69, 9.17) is 4.74 Å². The Labute approximate surface area is 132 Å². The van der Waals surface area contributed by atoms with Crippen molar-refractivity contribution < 1.29 is 9.53 Å². The summed E-state index contributed by atoms with van der Waals surface area (Å²) in [6, 6.07) is 19.0. The largest absolute Gasteiger partial charge is 0.382 e. The number of ketones is 1. The number of nitrogens with one attached hydrogen (secondary N) is 1. The molecule has 116 valence electrons. The average molecular weight is 297 g/mol. The van der Waals surface area contributed by atoms with E-state index in [1.807, 2.05) is 67.6 Å². The van der Waals surface area contributed by atoms with Gasteiger partial charge in [0.15, 0.2) is 5.78 Å². The maximum Gasteiger partial charge on any atom is 0.184 e. The summed E-state index contributed by atoms with van der Waals surface area (Å²) >= 11 is 0. The summed E-state index contributed by atoms with van der Waals surface area (Å²) in [5, 5.41) is 3.36. The fourth-order valence-electron chi connectivity index (χ4n) is 2.34. The van der Waals surface area contributed by atoms with Gasteiger partial charge in [-0.15, -0.1) is 0 Å². The molecule has 0 spiro atoms. The molecule has 0 aliphatic carbocycles. The van der Waals surface area contributed by atoms with E-state index in [9.17, 15) is 4.79 Å². The quantitative estimate of drug-likeness (QED) is 0.567. The highest BCUT2D eigenvalue weighted by atomic mass is 16.5. The molecule has 3 nitrogen and oxygen atoms in total. The predicted molar refractivity (Wildman–Crippen MR) is 89.1 cm³/mol. The fourth-order valence-corrected chi connectivity index (χ4v) is 2.34. The minimum absolute atomic E-state index is 0.100. The topological polar surface area (TPSA) is 38.3 Å². The minimum atomic E-state index is -0.315. The first-order valence-corrected chi connectivity index (χ1v) is 7.78. The molecule has 0 saturated heterocycles. The molecule has 3 heteroatoms. The molecule has 2 aromatic carbocycles. The van der Waals surface area contributed by atoms with E-state index in [1.165, 1.54) is 0 Å². The molecule has 0 aliphatic rings. The van der Waals surface area contributed by atoms with E-state index in [1.54, 1.807) is 0 Å². The van der Waals surface area contributed by atoms with Gasteiger partial charge in [-0.25, -0.2) is 0 Å². The molecule has 0 aliphatic heterocycles. The van der Waals surface area contributed by atoms with Crippen LogP contribution in [0.15, 0.2) is 60.7 Å². The van der Waals surface area contributed by atoms with Gasteiger partial charge in [-0.2, -0.15) is 0 Å². The number of carbonyl (C=O) groups is 1. The van der Waals surface area contributed by atoms with Crippen molar-refractivity contribution in [3.63, 3.8) is 0 Å². The van der Waals surface area contributed by atoms with Gasteiger partial charge in [-0.3, -0.25) is 4.79 Å². The van der Waals surface area contributed by atoms with E-state index in [0.717, 1.165) is 30.7 Å². The van der Waals surface area contributed by atoms with Crippen molar-refractivity contribution in [1.29, 1.82) is 0 Å². The SMILES string of the molecule is CCOCCCNC(C(=O)c1ccccc1)c1ccccc1. The highest BCUT2D eigenvalue weighted by molar-refractivity contribution is 6.00. The smallest absolute Gasteiger partial charge is 0.184 e. The van der Waals surface area contributed by atoms with Gasteiger partial charge in [0.05, 0.1) is 6.04 Å². The molecular formula is C19H23NO2. The highest BCUT2D eigenvalue weighted by Crippen LogP contribution is 2.18. The molecule has 1 unspecified atom stereocenters. The van der Waals surface area contributed by atoms with Crippen molar-refractivity contribution in [3.05, 3.63) is 71.8 Å². The zero-order valence-corrected chi connectivity index (χ0v) is 13.0. The van der Waals surface area contributed by atoms with E-state index >= 15 is 0 Å². The fraction of sp³-hybridized carbons (Fsp3) is 0.316. The lowest BCUT2D eigenvalue weighted by Crippen LogP contribution is -2.30. The summed E-state index contributed by atoms with van der Waals surface area (Å²) in [4.78, 5) is 12.8. The molecule has 0 aromatic heterocycles. The third kappa shape index (κ3) is 4.79. The van der Waals surface area contributed by atoms with Crippen molar-refractivity contribution in [2.45, 2.75) is 19.4 Å². The number of benzene rings is 2. The third-order valence-electron chi connectivity index (χ3n) is 3.47. The molecule has 0 bridgehead atoms. The number of hydrogen-bond donors (Lipinski definition) is 1. The Morgan fingerprint density at radius 2 is 1.68 bits per heavy atom. The van der Waals surface area contributed by atoms with Crippen molar-refractivity contribution in [2.24, 2.45) is 0 Å². The Morgan fingerprint density at radius 1 is 1.05 bits per heavy atom. The van der Waals surface area contributed by atoms with Gasteiger partial charge >= 0.3 is 0 Å². The third-order valence-corrected chi connectivity index (χ3v) is 3.47. The summed E-state index contributed by atoms with van der Waals surface area (Å²) in [7, 11) is 0. The van der Waals surface area contributed by atoms with Gasteiger partial charge in [-0.1, -0.05) is 60.7 Å². The molecule has 2 aromatic rings. The first kappa shape index (κ1) is 16.4. The summed E-state index contributed by atoms with van der Waals surface area (Å²) in [6.07, 6.45) is 0.888. The lowest BCUT2D eigenvalue weighted by atomic mass is 9.97. The van der Waals surface area contributed by atoms with Crippen LogP contribution < -0.4 is 5.32 Å². The van der Waals surface area contributed by atoms with Crippen molar-refractivity contribution in [1.82, 2.24) is 5.32 Å². The van der Waals surface area contributed by atoms with Crippen LogP contribution in [0.4, 0.5) is 0 Å². The molecule has 0 heterocycles.